The van der Waals surface area contributed by atoms with Gasteiger partial charge in [0, 0.05) is 24.5 Å². The lowest BCUT2D eigenvalue weighted by Gasteiger charge is -2.04. The van der Waals surface area contributed by atoms with Crippen LogP contribution in [0.5, 0.6) is 5.88 Å². The highest BCUT2D eigenvalue weighted by Crippen LogP contribution is 2.25. The Balaban J connectivity index is 1.56. The van der Waals surface area contributed by atoms with Crippen molar-refractivity contribution in [2.24, 2.45) is 0 Å². The molecule has 25 heavy (non-hydrogen) atoms. The lowest BCUT2D eigenvalue weighted by Crippen LogP contribution is -2.12. The summed E-state index contributed by atoms with van der Waals surface area (Å²) in [5.74, 6) is 1.08. The Morgan fingerprint density at radius 3 is 2.84 bits per heavy atom. The third-order valence-electron chi connectivity index (χ3n) is 3.38. The summed E-state index contributed by atoms with van der Waals surface area (Å²) in [6.45, 7) is 0. The first kappa shape index (κ1) is 16.9. The van der Waals surface area contributed by atoms with Crippen molar-refractivity contribution < 1.29 is 14.1 Å². The fraction of sp³-hybridized carbons (Fsp3) is 0.176. The highest BCUT2D eigenvalue weighted by molar-refractivity contribution is 6.33. The number of amides is 1. The third kappa shape index (κ3) is 4.33. The van der Waals surface area contributed by atoms with Crippen molar-refractivity contribution in [1.82, 2.24) is 15.1 Å². The molecule has 0 atom stereocenters. The predicted octanol–water partition coefficient (Wildman–Crippen LogP) is 3.36. The van der Waals surface area contributed by atoms with Gasteiger partial charge in [0.15, 0.2) is 0 Å². The number of rotatable bonds is 6. The number of nitrogens with one attached hydrogen (secondary N) is 1. The molecule has 0 spiro atoms. The molecule has 0 bridgehead atoms. The molecule has 3 rings (SSSR count). The molecule has 8 heteroatoms. The molecule has 0 radical (unpaired) electrons. The van der Waals surface area contributed by atoms with Crippen molar-refractivity contribution >= 4 is 23.2 Å². The molecular formula is C17H15ClN4O3. The van der Waals surface area contributed by atoms with Crippen LogP contribution in [0.2, 0.25) is 5.02 Å². The Labute approximate surface area is 149 Å². The van der Waals surface area contributed by atoms with Gasteiger partial charge in [-0.2, -0.15) is 4.98 Å². The zero-order valence-corrected chi connectivity index (χ0v) is 14.2. The number of carbonyl (C=O) groups excluding carboxylic acids is 1. The molecule has 0 aliphatic carbocycles. The molecular weight excluding hydrogens is 344 g/mol. The van der Waals surface area contributed by atoms with E-state index in [0.29, 0.717) is 40.3 Å². The summed E-state index contributed by atoms with van der Waals surface area (Å²) < 4.78 is 10.1. The van der Waals surface area contributed by atoms with Crippen LogP contribution in [0.3, 0.4) is 0 Å². The van der Waals surface area contributed by atoms with Crippen LogP contribution in [0, 0.1) is 0 Å². The van der Waals surface area contributed by atoms with Gasteiger partial charge in [0.2, 0.25) is 23.5 Å². The van der Waals surface area contributed by atoms with Crippen LogP contribution >= 0.6 is 11.6 Å². The van der Waals surface area contributed by atoms with Gasteiger partial charge >= 0.3 is 0 Å². The van der Waals surface area contributed by atoms with E-state index in [-0.39, 0.29) is 12.3 Å². The van der Waals surface area contributed by atoms with E-state index in [1.807, 2.05) is 12.1 Å². The van der Waals surface area contributed by atoms with Crippen LogP contribution in [-0.4, -0.2) is 28.1 Å². The zero-order valence-electron chi connectivity index (χ0n) is 13.4. The van der Waals surface area contributed by atoms with E-state index < -0.39 is 0 Å². The van der Waals surface area contributed by atoms with Gasteiger partial charge in [0.05, 0.1) is 24.0 Å². The Bertz CT molecular complexity index is 864. The second-order valence-electron chi connectivity index (χ2n) is 5.13. The minimum absolute atomic E-state index is 0.176. The Morgan fingerprint density at radius 2 is 2.12 bits per heavy atom. The van der Waals surface area contributed by atoms with Gasteiger partial charge in [-0.25, -0.2) is 4.98 Å². The maximum absolute atomic E-state index is 12.0. The number of anilines is 1. The van der Waals surface area contributed by atoms with Gasteiger partial charge in [-0.3, -0.25) is 4.79 Å². The minimum Gasteiger partial charge on any atom is -0.481 e. The fourth-order valence-corrected chi connectivity index (χ4v) is 2.35. The van der Waals surface area contributed by atoms with E-state index in [1.165, 1.54) is 13.3 Å². The van der Waals surface area contributed by atoms with Gasteiger partial charge in [-0.1, -0.05) is 28.9 Å². The summed E-state index contributed by atoms with van der Waals surface area (Å²) >= 11 is 6.11. The maximum Gasteiger partial charge on any atom is 0.227 e. The van der Waals surface area contributed by atoms with Crippen molar-refractivity contribution in [2.45, 2.75) is 12.8 Å². The molecule has 0 aliphatic rings. The molecule has 7 nitrogen and oxygen atoms in total. The van der Waals surface area contributed by atoms with Gasteiger partial charge in [0.25, 0.3) is 0 Å². The number of hydrogen-bond acceptors (Lipinski definition) is 6. The zero-order chi connectivity index (χ0) is 17.6. The third-order valence-corrected chi connectivity index (χ3v) is 3.71. The molecule has 1 amide bonds. The summed E-state index contributed by atoms with van der Waals surface area (Å²) in [6, 6.07) is 10.6. The first-order chi connectivity index (χ1) is 12.2. The highest BCUT2D eigenvalue weighted by Gasteiger charge is 2.13. The molecule has 0 unspecified atom stereocenters. The van der Waals surface area contributed by atoms with E-state index in [2.05, 4.69) is 20.4 Å². The molecule has 3 aromatic rings. The smallest absolute Gasteiger partial charge is 0.227 e. The second kappa shape index (κ2) is 7.76. The molecule has 2 aromatic heterocycles. The van der Waals surface area contributed by atoms with Crippen LogP contribution in [0.15, 0.2) is 47.1 Å². The summed E-state index contributed by atoms with van der Waals surface area (Å²) in [7, 11) is 1.53. The van der Waals surface area contributed by atoms with Crippen molar-refractivity contribution in [1.29, 1.82) is 0 Å². The average Bonchev–Trinajstić information content (AvgIpc) is 3.10. The number of carbonyl (C=O) groups is 1. The standard InChI is InChI=1S/C17H15ClN4O3/c1-24-15-8-6-11(10-19-15)20-14(23)7-9-16-21-17(22-25-16)12-4-2-3-5-13(12)18/h2-6,8,10H,7,9H2,1H3,(H,20,23). The van der Waals surface area contributed by atoms with Crippen LogP contribution in [0.1, 0.15) is 12.3 Å². The Hall–Kier alpha value is -2.93. The lowest BCUT2D eigenvalue weighted by molar-refractivity contribution is -0.116. The molecule has 1 aromatic carbocycles. The monoisotopic (exact) mass is 358 g/mol. The van der Waals surface area contributed by atoms with Crippen LogP contribution < -0.4 is 10.1 Å². The Kier molecular flexibility index (Phi) is 5.25. The quantitative estimate of drug-likeness (QED) is 0.726. The number of benzene rings is 1. The number of aromatic nitrogens is 3. The largest absolute Gasteiger partial charge is 0.481 e. The molecule has 2 heterocycles. The topological polar surface area (TPSA) is 90.1 Å². The summed E-state index contributed by atoms with van der Waals surface area (Å²) in [4.78, 5) is 20.3. The number of methoxy groups -OCH3 is 1. The highest BCUT2D eigenvalue weighted by atomic mass is 35.5. The van der Waals surface area contributed by atoms with E-state index in [1.54, 1.807) is 24.3 Å². The minimum atomic E-state index is -0.176. The Morgan fingerprint density at radius 1 is 1.28 bits per heavy atom. The first-order valence-corrected chi connectivity index (χ1v) is 7.91. The molecule has 0 saturated carbocycles. The maximum atomic E-state index is 12.0. The van der Waals surface area contributed by atoms with Crippen LogP contribution in [-0.2, 0) is 11.2 Å². The van der Waals surface area contributed by atoms with E-state index in [9.17, 15) is 4.79 Å². The van der Waals surface area contributed by atoms with Gasteiger partial charge in [-0.15, -0.1) is 0 Å². The van der Waals surface area contributed by atoms with Crippen molar-refractivity contribution in [3.05, 3.63) is 53.5 Å². The molecule has 0 fully saturated rings. The number of ether oxygens (including phenoxy) is 1. The number of hydrogen-bond donors (Lipinski definition) is 1. The first-order valence-electron chi connectivity index (χ1n) is 7.53. The van der Waals surface area contributed by atoms with Crippen LogP contribution in [0.4, 0.5) is 5.69 Å². The predicted molar refractivity (Wildman–Crippen MR) is 92.5 cm³/mol. The molecule has 1 N–H and O–H groups in total. The van der Waals surface area contributed by atoms with Crippen molar-refractivity contribution in [3.63, 3.8) is 0 Å². The average molecular weight is 359 g/mol. The summed E-state index contributed by atoms with van der Waals surface area (Å²) in [5, 5.41) is 7.19. The van der Waals surface area contributed by atoms with Gasteiger partial charge in [0.1, 0.15) is 0 Å². The van der Waals surface area contributed by atoms with Crippen molar-refractivity contribution in [2.75, 3.05) is 12.4 Å². The van der Waals surface area contributed by atoms with Gasteiger partial charge < -0.3 is 14.6 Å². The molecule has 0 aliphatic heterocycles. The van der Waals surface area contributed by atoms with E-state index in [0.717, 1.165) is 0 Å². The van der Waals surface area contributed by atoms with Crippen LogP contribution in [0.25, 0.3) is 11.4 Å². The van der Waals surface area contributed by atoms with E-state index in [4.69, 9.17) is 20.9 Å². The second-order valence-corrected chi connectivity index (χ2v) is 5.54. The lowest BCUT2D eigenvalue weighted by atomic mass is 10.2. The number of halogens is 1. The summed E-state index contributed by atoms with van der Waals surface area (Å²) in [6.07, 6.45) is 2.06. The number of nitrogens with zero attached hydrogens (tertiary/aromatic N) is 3. The molecule has 0 saturated heterocycles. The summed E-state index contributed by atoms with van der Waals surface area (Å²) in [5.41, 5.74) is 1.28. The number of aryl methyl sites for hydroxylation is 1. The number of pyridine rings is 1. The normalized spacial score (nSPS) is 10.5. The van der Waals surface area contributed by atoms with Gasteiger partial charge in [-0.05, 0) is 18.2 Å². The van der Waals surface area contributed by atoms with E-state index >= 15 is 0 Å². The SMILES string of the molecule is COc1ccc(NC(=O)CCc2nc(-c3ccccc3Cl)no2)cn1. The van der Waals surface area contributed by atoms with Crippen molar-refractivity contribution in [3.8, 4) is 17.3 Å². The molecule has 128 valence electrons. The fourth-order valence-electron chi connectivity index (χ4n) is 2.13.